The summed E-state index contributed by atoms with van der Waals surface area (Å²) in [6.07, 6.45) is -3.71. The summed E-state index contributed by atoms with van der Waals surface area (Å²) in [5, 5.41) is 2.06. The smallest absolute Gasteiger partial charge is 0.368 e. The van der Waals surface area contributed by atoms with E-state index in [4.69, 9.17) is 16.3 Å². The van der Waals surface area contributed by atoms with Crippen molar-refractivity contribution in [1.29, 1.82) is 0 Å². The molecule has 0 spiro atoms. The number of amides is 1. The Kier molecular flexibility index (Phi) is 3.77. The van der Waals surface area contributed by atoms with E-state index in [0.717, 1.165) is 7.11 Å². The van der Waals surface area contributed by atoms with E-state index < -0.39 is 23.1 Å². The Morgan fingerprint density at radius 1 is 1.47 bits per heavy atom. The summed E-state index contributed by atoms with van der Waals surface area (Å²) < 4.78 is 44.3. The van der Waals surface area contributed by atoms with Gasteiger partial charge in [0.2, 0.25) is 5.91 Å². The predicted octanol–water partition coefficient (Wildman–Crippen LogP) is 2.48. The molecule has 1 unspecified atom stereocenters. The molecule has 3 nitrogen and oxygen atoms in total. The molecular formula is C12H17ClF3NO2. The average molecular weight is 300 g/mol. The van der Waals surface area contributed by atoms with Gasteiger partial charge in [0.05, 0.1) is 0 Å². The molecule has 0 radical (unpaired) electrons. The highest BCUT2D eigenvalue weighted by Crippen LogP contribution is 2.58. The van der Waals surface area contributed by atoms with Crippen LogP contribution in [-0.4, -0.2) is 36.2 Å². The van der Waals surface area contributed by atoms with Crippen LogP contribution in [0.25, 0.3) is 0 Å². The van der Waals surface area contributed by atoms with Crippen molar-refractivity contribution in [2.75, 3.05) is 7.11 Å². The molecule has 1 N–H and O–H groups in total. The number of methoxy groups -OCH3 is 1. The third kappa shape index (κ3) is 2.33. The number of nitrogens with one attached hydrogen (secondary N) is 1. The van der Waals surface area contributed by atoms with Gasteiger partial charge in [-0.3, -0.25) is 4.79 Å². The van der Waals surface area contributed by atoms with Crippen molar-refractivity contribution in [3.8, 4) is 0 Å². The molecule has 110 valence electrons. The fourth-order valence-electron chi connectivity index (χ4n) is 3.47. The van der Waals surface area contributed by atoms with Crippen molar-refractivity contribution in [2.45, 2.75) is 49.4 Å². The molecule has 7 heteroatoms. The highest BCUT2D eigenvalue weighted by atomic mass is 35.5. The number of halogens is 4. The largest absolute Gasteiger partial charge is 0.417 e. The second-order valence-electron chi connectivity index (χ2n) is 5.45. The van der Waals surface area contributed by atoms with Crippen LogP contribution in [0.5, 0.6) is 0 Å². The fourth-order valence-corrected chi connectivity index (χ4v) is 3.54. The quantitative estimate of drug-likeness (QED) is 0.813. The van der Waals surface area contributed by atoms with Crippen LogP contribution in [0, 0.1) is 11.8 Å². The van der Waals surface area contributed by atoms with Crippen LogP contribution in [0.15, 0.2) is 0 Å². The minimum Gasteiger partial charge on any atom is -0.368 e. The molecule has 1 amide bonds. The van der Waals surface area contributed by atoms with Crippen LogP contribution in [-0.2, 0) is 9.53 Å². The first-order valence-electron chi connectivity index (χ1n) is 6.27. The Labute approximate surface area is 114 Å². The maximum absolute atomic E-state index is 13.2. The van der Waals surface area contributed by atoms with Crippen molar-refractivity contribution in [1.82, 2.24) is 5.32 Å². The first-order valence-corrected chi connectivity index (χ1v) is 6.71. The summed E-state index contributed by atoms with van der Waals surface area (Å²) >= 11 is 5.65. The predicted molar refractivity (Wildman–Crippen MR) is 63.9 cm³/mol. The van der Waals surface area contributed by atoms with Gasteiger partial charge in [-0.25, -0.2) is 0 Å². The third-order valence-electron chi connectivity index (χ3n) is 4.45. The van der Waals surface area contributed by atoms with Crippen LogP contribution in [0.2, 0.25) is 0 Å². The van der Waals surface area contributed by atoms with Gasteiger partial charge in [0.15, 0.2) is 5.60 Å². The molecule has 5 atom stereocenters. The molecule has 2 fully saturated rings. The molecular weight excluding hydrogens is 283 g/mol. The first kappa shape index (κ1) is 14.9. The van der Waals surface area contributed by atoms with Crippen molar-refractivity contribution in [3.05, 3.63) is 0 Å². The van der Waals surface area contributed by atoms with Crippen LogP contribution in [0.3, 0.4) is 0 Å². The number of carbonyl (C=O) groups is 1. The van der Waals surface area contributed by atoms with Crippen molar-refractivity contribution >= 4 is 17.5 Å². The van der Waals surface area contributed by atoms with E-state index >= 15 is 0 Å². The molecule has 0 aromatic carbocycles. The topological polar surface area (TPSA) is 38.3 Å². The first-order chi connectivity index (χ1) is 8.71. The SMILES string of the molecule is CO[C@]1(C(F)(F)F)C[C@H]2C[C@@H]1C[C@@H]2NC(=O)C(C)Cl. The van der Waals surface area contributed by atoms with Gasteiger partial charge < -0.3 is 10.1 Å². The van der Waals surface area contributed by atoms with E-state index in [0.29, 0.717) is 12.8 Å². The Bertz CT molecular complexity index is 374. The molecule has 0 aromatic heterocycles. The number of alkyl halides is 4. The molecule has 0 heterocycles. The van der Waals surface area contributed by atoms with Crippen LogP contribution in [0.4, 0.5) is 13.2 Å². The Morgan fingerprint density at radius 3 is 2.47 bits per heavy atom. The fraction of sp³-hybridized carbons (Fsp3) is 0.917. The van der Waals surface area contributed by atoms with Crippen LogP contribution < -0.4 is 5.32 Å². The zero-order chi connectivity index (χ0) is 14.4. The van der Waals surface area contributed by atoms with Crippen molar-refractivity contribution in [3.63, 3.8) is 0 Å². The highest BCUT2D eigenvalue weighted by Gasteiger charge is 2.68. The van der Waals surface area contributed by atoms with E-state index in [9.17, 15) is 18.0 Å². The van der Waals surface area contributed by atoms with Gasteiger partial charge >= 0.3 is 6.18 Å². The van der Waals surface area contributed by atoms with Crippen LogP contribution >= 0.6 is 11.6 Å². The molecule has 0 saturated heterocycles. The van der Waals surface area contributed by atoms with Gasteiger partial charge in [-0.2, -0.15) is 13.2 Å². The van der Waals surface area contributed by atoms with Crippen molar-refractivity contribution in [2.24, 2.45) is 11.8 Å². The maximum Gasteiger partial charge on any atom is 0.417 e. The lowest BCUT2D eigenvalue weighted by Crippen LogP contribution is -2.55. The van der Waals surface area contributed by atoms with Gasteiger partial charge in [0.1, 0.15) is 5.38 Å². The molecule has 0 aliphatic heterocycles. The minimum absolute atomic E-state index is 0.0840. The van der Waals surface area contributed by atoms with Crippen molar-refractivity contribution < 1.29 is 22.7 Å². The number of hydrogen-bond donors (Lipinski definition) is 1. The molecule has 0 aromatic rings. The Hall–Kier alpha value is -0.490. The molecule has 2 aliphatic rings. The average Bonchev–Trinajstić information content (AvgIpc) is 2.84. The monoisotopic (exact) mass is 299 g/mol. The standard InChI is InChI=1S/C12H17ClF3NO2/c1-6(13)10(18)17-9-4-8-3-7(9)5-11(8,19-2)12(14,15)16/h6-9H,3-5H2,1-2H3,(H,17,18)/t6?,7-,8-,9+,11-/m1/s1. The van der Waals surface area contributed by atoms with Crippen LogP contribution in [0.1, 0.15) is 26.2 Å². The zero-order valence-corrected chi connectivity index (χ0v) is 11.5. The summed E-state index contributed by atoms with van der Waals surface area (Å²) in [4.78, 5) is 11.5. The molecule has 2 bridgehead atoms. The molecule has 19 heavy (non-hydrogen) atoms. The lowest BCUT2D eigenvalue weighted by Gasteiger charge is -2.40. The van der Waals surface area contributed by atoms with E-state index in [2.05, 4.69) is 5.32 Å². The second kappa shape index (κ2) is 4.81. The molecule has 2 saturated carbocycles. The Balaban J connectivity index is 2.06. The maximum atomic E-state index is 13.2. The van der Waals surface area contributed by atoms with E-state index in [1.807, 2.05) is 0 Å². The molecule has 2 aliphatic carbocycles. The van der Waals surface area contributed by atoms with E-state index in [-0.39, 0.29) is 24.3 Å². The lowest BCUT2D eigenvalue weighted by molar-refractivity contribution is -0.287. The second-order valence-corrected chi connectivity index (χ2v) is 6.11. The summed E-state index contributed by atoms with van der Waals surface area (Å²) in [5.41, 5.74) is -2.04. The van der Waals surface area contributed by atoms with Gasteiger partial charge in [-0.1, -0.05) is 0 Å². The summed E-state index contributed by atoms with van der Waals surface area (Å²) in [6, 6.07) is -0.218. The number of hydrogen-bond acceptors (Lipinski definition) is 2. The Morgan fingerprint density at radius 2 is 2.11 bits per heavy atom. The lowest BCUT2D eigenvalue weighted by atomic mass is 9.81. The third-order valence-corrected chi connectivity index (χ3v) is 4.65. The van der Waals surface area contributed by atoms with Gasteiger partial charge in [-0.15, -0.1) is 11.6 Å². The zero-order valence-electron chi connectivity index (χ0n) is 10.8. The normalized spacial score (nSPS) is 39.4. The van der Waals surface area contributed by atoms with Gasteiger partial charge in [0, 0.05) is 13.2 Å². The van der Waals surface area contributed by atoms with Gasteiger partial charge in [-0.05, 0) is 38.0 Å². The number of carbonyl (C=O) groups excluding carboxylic acids is 1. The molecule has 2 rings (SSSR count). The van der Waals surface area contributed by atoms with E-state index in [1.165, 1.54) is 0 Å². The minimum atomic E-state index is -4.37. The number of ether oxygens (including phenoxy) is 1. The summed E-state index contributed by atoms with van der Waals surface area (Å²) in [6.45, 7) is 1.54. The number of fused-ring (bicyclic) bond motifs is 2. The summed E-state index contributed by atoms with van der Waals surface area (Å²) in [5.74, 6) is -1.10. The van der Waals surface area contributed by atoms with Gasteiger partial charge in [0.25, 0.3) is 0 Å². The number of rotatable bonds is 3. The van der Waals surface area contributed by atoms with E-state index in [1.54, 1.807) is 6.92 Å². The highest BCUT2D eigenvalue weighted by molar-refractivity contribution is 6.30. The summed E-state index contributed by atoms with van der Waals surface area (Å²) in [7, 11) is 1.11.